The van der Waals surface area contributed by atoms with Gasteiger partial charge < -0.3 is 15.4 Å². The van der Waals surface area contributed by atoms with Gasteiger partial charge in [-0.1, -0.05) is 18.2 Å². The average molecular weight is 262 g/mol. The molecule has 3 nitrogen and oxygen atoms in total. The van der Waals surface area contributed by atoms with E-state index in [1.165, 1.54) is 30.5 Å². The van der Waals surface area contributed by atoms with E-state index in [0.29, 0.717) is 6.54 Å². The van der Waals surface area contributed by atoms with Crippen LogP contribution >= 0.6 is 0 Å². The Morgan fingerprint density at radius 2 is 2.11 bits per heavy atom. The maximum atomic E-state index is 6.09. The zero-order chi connectivity index (χ0) is 13.7. The van der Waals surface area contributed by atoms with E-state index < -0.39 is 0 Å². The van der Waals surface area contributed by atoms with E-state index >= 15 is 0 Å². The van der Waals surface area contributed by atoms with Crippen LogP contribution in [-0.2, 0) is 11.2 Å². The summed E-state index contributed by atoms with van der Waals surface area (Å²) in [4.78, 5) is 2.51. The average Bonchev–Trinajstić information content (AvgIpc) is 2.67. The minimum atomic E-state index is -0.0174. The topological polar surface area (TPSA) is 38.5 Å². The van der Waals surface area contributed by atoms with E-state index in [9.17, 15) is 0 Å². The molecular weight excluding hydrogens is 236 g/mol. The number of methoxy groups -OCH3 is 1. The molecule has 1 unspecified atom stereocenters. The summed E-state index contributed by atoms with van der Waals surface area (Å²) in [6.45, 7) is 4.76. The van der Waals surface area contributed by atoms with Crippen molar-refractivity contribution in [3.8, 4) is 0 Å². The Kier molecular flexibility index (Phi) is 4.83. The lowest BCUT2D eigenvalue weighted by atomic mass is 9.94. The molecular formula is C16H26N2O. The Hall–Kier alpha value is -1.06. The molecule has 1 atom stereocenters. The van der Waals surface area contributed by atoms with Crippen molar-refractivity contribution >= 4 is 5.69 Å². The lowest BCUT2D eigenvalue weighted by molar-refractivity contribution is 0.170. The molecule has 0 bridgehead atoms. The van der Waals surface area contributed by atoms with Gasteiger partial charge in [-0.15, -0.1) is 0 Å². The van der Waals surface area contributed by atoms with Crippen molar-refractivity contribution < 1.29 is 4.74 Å². The molecule has 1 aromatic rings. The number of hydrogen-bond acceptors (Lipinski definition) is 3. The van der Waals surface area contributed by atoms with Gasteiger partial charge in [0.1, 0.15) is 0 Å². The van der Waals surface area contributed by atoms with Gasteiger partial charge >= 0.3 is 0 Å². The maximum Gasteiger partial charge on any atom is 0.0518 e. The normalized spacial score (nSPS) is 18.6. The van der Waals surface area contributed by atoms with Crippen LogP contribution in [0.15, 0.2) is 24.3 Å². The van der Waals surface area contributed by atoms with Crippen LogP contribution in [0.4, 0.5) is 5.69 Å². The second-order valence-electron chi connectivity index (χ2n) is 5.68. The van der Waals surface area contributed by atoms with E-state index in [4.69, 9.17) is 10.5 Å². The Balaban J connectivity index is 2.31. The largest absolute Gasteiger partial charge is 0.385 e. The molecule has 106 valence electrons. The fraction of sp³-hybridized carbons (Fsp3) is 0.625. The van der Waals surface area contributed by atoms with Crippen LogP contribution in [0.5, 0.6) is 0 Å². The van der Waals surface area contributed by atoms with Gasteiger partial charge in [0.05, 0.1) is 5.54 Å². The molecule has 0 fully saturated rings. The zero-order valence-corrected chi connectivity index (χ0v) is 12.2. The third kappa shape index (κ3) is 3.10. The summed E-state index contributed by atoms with van der Waals surface area (Å²) in [7, 11) is 1.76. The number of para-hydroxylation sites is 1. The zero-order valence-electron chi connectivity index (χ0n) is 12.2. The van der Waals surface area contributed by atoms with E-state index in [2.05, 4.69) is 36.1 Å². The molecule has 0 radical (unpaired) electrons. The molecule has 1 aliphatic heterocycles. The number of nitrogens with zero attached hydrogens (tertiary/aromatic N) is 1. The van der Waals surface area contributed by atoms with E-state index in [1.54, 1.807) is 7.11 Å². The predicted molar refractivity (Wildman–Crippen MR) is 80.7 cm³/mol. The van der Waals surface area contributed by atoms with Crippen molar-refractivity contribution in [2.45, 2.75) is 38.1 Å². The number of nitrogens with two attached hydrogens (primary N) is 1. The first-order chi connectivity index (χ1) is 9.21. The monoisotopic (exact) mass is 262 g/mol. The summed E-state index contributed by atoms with van der Waals surface area (Å²) in [6.07, 6.45) is 4.64. The number of hydrogen-bond donors (Lipinski definition) is 1. The molecule has 0 saturated carbocycles. The highest BCUT2D eigenvalue weighted by Gasteiger charge is 2.32. The quantitative estimate of drug-likeness (QED) is 0.886. The Bertz CT molecular complexity index is 407. The van der Waals surface area contributed by atoms with Gasteiger partial charge in [-0.2, -0.15) is 0 Å². The third-order valence-electron chi connectivity index (χ3n) is 4.30. The first-order valence-electron chi connectivity index (χ1n) is 7.26. The molecule has 19 heavy (non-hydrogen) atoms. The molecule has 0 amide bonds. The van der Waals surface area contributed by atoms with Crippen LogP contribution in [0.3, 0.4) is 0 Å². The van der Waals surface area contributed by atoms with Crippen molar-refractivity contribution in [1.82, 2.24) is 0 Å². The van der Waals surface area contributed by atoms with Gasteiger partial charge in [0, 0.05) is 32.5 Å². The Morgan fingerprint density at radius 1 is 1.32 bits per heavy atom. The maximum absolute atomic E-state index is 6.09. The highest BCUT2D eigenvalue weighted by atomic mass is 16.5. The summed E-state index contributed by atoms with van der Waals surface area (Å²) < 4.78 is 5.27. The lowest BCUT2D eigenvalue weighted by Crippen LogP contribution is -2.53. The molecule has 2 rings (SSSR count). The van der Waals surface area contributed by atoms with Crippen LogP contribution in [0.2, 0.25) is 0 Å². The number of aryl methyl sites for hydroxylation is 1. The highest BCUT2D eigenvalue weighted by molar-refractivity contribution is 5.56. The van der Waals surface area contributed by atoms with Crippen LogP contribution in [0.1, 0.15) is 31.7 Å². The van der Waals surface area contributed by atoms with Gasteiger partial charge in [-0.05, 0) is 44.2 Å². The van der Waals surface area contributed by atoms with Crippen LogP contribution in [0.25, 0.3) is 0 Å². The summed E-state index contributed by atoms with van der Waals surface area (Å²) in [5.41, 5.74) is 8.89. The van der Waals surface area contributed by atoms with Gasteiger partial charge in [0.2, 0.25) is 0 Å². The fourth-order valence-corrected chi connectivity index (χ4v) is 2.92. The standard InChI is InChI=1S/C16H26N2O/c1-16(13-17,10-12-19-2)18-11-6-5-8-14-7-3-4-9-15(14)18/h3-4,7,9H,5-6,8,10-13,17H2,1-2H3. The van der Waals surface area contributed by atoms with E-state index in [0.717, 1.165) is 19.6 Å². The molecule has 2 N–H and O–H groups in total. The summed E-state index contributed by atoms with van der Waals surface area (Å²) in [5.74, 6) is 0. The molecule has 0 aliphatic carbocycles. The van der Waals surface area contributed by atoms with Crippen LogP contribution in [-0.4, -0.2) is 32.3 Å². The number of ether oxygens (including phenoxy) is 1. The van der Waals surface area contributed by atoms with Crippen molar-refractivity contribution in [3.63, 3.8) is 0 Å². The minimum absolute atomic E-state index is 0.0174. The van der Waals surface area contributed by atoms with Gasteiger partial charge in [0.25, 0.3) is 0 Å². The van der Waals surface area contributed by atoms with Gasteiger partial charge in [-0.25, -0.2) is 0 Å². The van der Waals surface area contributed by atoms with Crippen molar-refractivity contribution in [2.24, 2.45) is 5.73 Å². The first-order valence-corrected chi connectivity index (χ1v) is 7.26. The smallest absolute Gasteiger partial charge is 0.0518 e. The van der Waals surface area contributed by atoms with Crippen LogP contribution < -0.4 is 10.6 Å². The number of benzene rings is 1. The van der Waals surface area contributed by atoms with Gasteiger partial charge in [-0.3, -0.25) is 0 Å². The first kappa shape index (κ1) is 14.4. The molecule has 0 spiro atoms. The second-order valence-corrected chi connectivity index (χ2v) is 5.68. The summed E-state index contributed by atoms with van der Waals surface area (Å²) in [6, 6.07) is 8.75. The van der Waals surface area contributed by atoms with Crippen molar-refractivity contribution in [2.75, 3.05) is 31.7 Å². The summed E-state index contributed by atoms with van der Waals surface area (Å²) in [5, 5.41) is 0. The fourth-order valence-electron chi connectivity index (χ4n) is 2.92. The lowest BCUT2D eigenvalue weighted by Gasteiger charge is -2.42. The molecule has 1 aromatic carbocycles. The Labute approximate surface area is 116 Å². The minimum Gasteiger partial charge on any atom is -0.385 e. The predicted octanol–water partition coefficient (Wildman–Crippen LogP) is 2.58. The molecule has 0 saturated heterocycles. The van der Waals surface area contributed by atoms with E-state index in [-0.39, 0.29) is 5.54 Å². The van der Waals surface area contributed by atoms with E-state index in [1.807, 2.05) is 0 Å². The SMILES string of the molecule is COCCC(C)(CN)N1CCCCc2ccccc21. The third-order valence-corrected chi connectivity index (χ3v) is 4.30. The number of anilines is 1. The molecule has 1 heterocycles. The van der Waals surface area contributed by atoms with Crippen LogP contribution in [0, 0.1) is 0 Å². The Morgan fingerprint density at radius 3 is 2.84 bits per heavy atom. The number of fused-ring (bicyclic) bond motifs is 1. The van der Waals surface area contributed by atoms with Crippen molar-refractivity contribution in [1.29, 1.82) is 0 Å². The molecule has 1 aliphatic rings. The van der Waals surface area contributed by atoms with Crippen molar-refractivity contribution in [3.05, 3.63) is 29.8 Å². The number of rotatable bonds is 5. The highest BCUT2D eigenvalue weighted by Crippen LogP contribution is 2.33. The molecule has 3 heteroatoms. The summed E-state index contributed by atoms with van der Waals surface area (Å²) >= 11 is 0. The second kappa shape index (κ2) is 6.40. The molecule has 0 aromatic heterocycles. The van der Waals surface area contributed by atoms with Gasteiger partial charge in [0.15, 0.2) is 0 Å².